The van der Waals surface area contributed by atoms with Crippen LogP contribution in [0.3, 0.4) is 0 Å². The summed E-state index contributed by atoms with van der Waals surface area (Å²) in [7, 11) is -0.326. The van der Waals surface area contributed by atoms with Crippen molar-refractivity contribution in [1.29, 1.82) is 0 Å². The van der Waals surface area contributed by atoms with Crippen LogP contribution in [0.1, 0.15) is 74.1 Å². The Kier molecular flexibility index (Phi) is 13.6. The van der Waals surface area contributed by atoms with Gasteiger partial charge in [-0.25, -0.2) is 0 Å². The minimum Gasteiger partial charge on any atom is -0.458 e. The van der Waals surface area contributed by atoms with Gasteiger partial charge in [-0.2, -0.15) is 0 Å². The van der Waals surface area contributed by atoms with Crippen molar-refractivity contribution >= 4 is 14.3 Å². The molecule has 0 aliphatic heterocycles. The molecule has 186 valence electrons. The van der Waals surface area contributed by atoms with E-state index >= 15 is 0 Å². The average Bonchev–Trinajstić information content (AvgIpc) is 2.68. The van der Waals surface area contributed by atoms with Crippen molar-refractivity contribution in [3.63, 3.8) is 0 Å². The van der Waals surface area contributed by atoms with Crippen LogP contribution in [0.4, 0.5) is 0 Å². The highest BCUT2D eigenvalue weighted by molar-refractivity contribution is 6.74. The lowest BCUT2D eigenvalue weighted by Gasteiger charge is -2.42. The first-order valence-corrected chi connectivity index (χ1v) is 14.9. The fraction of sp³-hybridized carbons (Fsp3) is 0.741. The Morgan fingerprint density at radius 3 is 2.12 bits per heavy atom. The first kappa shape index (κ1) is 30.8. The van der Waals surface area contributed by atoms with Gasteiger partial charge in [0.15, 0.2) is 8.32 Å². The number of carbonyl (C=O) groups is 1. The van der Waals surface area contributed by atoms with Crippen LogP contribution in [0.25, 0.3) is 0 Å². The van der Waals surface area contributed by atoms with Gasteiger partial charge in [0, 0.05) is 19.4 Å². The van der Waals surface area contributed by atoms with E-state index in [4.69, 9.17) is 13.9 Å². The summed E-state index contributed by atoms with van der Waals surface area (Å²) in [5.41, 5.74) is 1.05. The van der Waals surface area contributed by atoms with Crippen LogP contribution in [0.15, 0.2) is 37.0 Å². The van der Waals surface area contributed by atoms with Crippen molar-refractivity contribution < 1.29 is 18.7 Å². The van der Waals surface area contributed by atoms with Crippen molar-refractivity contribution in [1.82, 2.24) is 0 Å². The van der Waals surface area contributed by atoms with Crippen LogP contribution in [0, 0.1) is 11.8 Å². The highest BCUT2D eigenvalue weighted by Crippen LogP contribution is 2.39. The van der Waals surface area contributed by atoms with E-state index in [-0.39, 0.29) is 41.2 Å². The zero-order chi connectivity index (χ0) is 25.1. The molecule has 0 N–H and O–H groups in total. The summed E-state index contributed by atoms with van der Waals surface area (Å²) in [4.78, 5) is 12.4. The van der Waals surface area contributed by atoms with Gasteiger partial charge in [-0.1, -0.05) is 59.8 Å². The topological polar surface area (TPSA) is 44.8 Å². The van der Waals surface area contributed by atoms with Crippen LogP contribution in [0.2, 0.25) is 18.1 Å². The van der Waals surface area contributed by atoms with E-state index in [0.29, 0.717) is 6.42 Å². The molecule has 0 aromatic heterocycles. The van der Waals surface area contributed by atoms with Crippen LogP contribution in [-0.4, -0.2) is 39.7 Å². The molecule has 0 aliphatic carbocycles. The molecule has 0 amide bonds. The first-order valence-electron chi connectivity index (χ1n) is 12.0. The van der Waals surface area contributed by atoms with Crippen LogP contribution < -0.4 is 0 Å². The number of esters is 1. The molecule has 0 fully saturated rings. The van der Waals surface area contributed by atoms with Gasteiger partial charge in [-0.05, 0) is 55.8 Å². The van der Waals surface area contributed by atoms with Crippen molar-refractivity contribution in [3.05, 3.63) is 37.0 Å². The van der Waals surface area contributed by atoms with Gasteiger partial charge < -0.3 is 13.9 Å². The Labute approximate surface area is 199 Å². The zero-order valence-electron chi connectivity index (χ0n) is 22.5. The third-order valence-electron chi connectivity index (χ3n) is 6.46. The molecular formula is C27H50O4Si. The molecule has 32 heavy (non-hydrogen) atoms. The number of ether oxygens (including phenoxy) is 2. The number of hydrogen-bond acceptors (Lipinski definition) is 4. The Morgan fingerprint density at radius 2 is 1.69 bits per heavy atom. The second kappa shape index (κ2) is 14.2. The molecule has 0 rings (SSSR count). The molecular weight excluding hydrogens is 416 g/mol. The highest BCUT2D eigenvalue weighted by atomic mass is 28.4. The summed E-state index contributed by atoms with van der Waals surface area (Å²) in [6, 6.07) is 0. The van der Waals surface area contributed by atoms with E-state index in [0.717, 1.165) is 24.8 Å². The number of carbonyl (C=O) groups excluding carboxylic acids is 1. The van der Waals surface area contributed by atoms with Gasteiger partial charge in [0.25, 0.3) is 0 Å². The Bertz CT molecular complexity index is 616. The minimum absolute atomic E-state index is 0.0691. The van der Waals surface area contributed by atoms with E-state index in [2.05, 4.69) is 73.9 Å². The summed E-state index contributed by atoms with van der Waals surface area (Å²) in [5.74, 6) is 0.121. The quantitative estimate of drug-likeness (QED) is 0.109. The van der Waals surface area contributed by atoms with E-state index in [1.54, 1.807) is 7.11 Å². The van der Waals surface area contributed by atoms with E-state index < -0.39 is 8.32 Å². The third kappa shape index (κ3) is 10.2. The van der Waals surface area contributed by atoms with Gasteiger partial charge in [-0.15, -0.1) is 13.2 Å². The maximum Gasteiger partial charge on any atom is 0.306 e. The number of hydrogen-bond donors (Lipinski definition) is 0. The lowest BCUT2D eigenvalue weighted by atomic mass is 9.92. The van der Waals surface area contributed by atoms with Crippen LogP contribution >= 0.6 is 0 Å². The zero-order valence-corrected chi connectivity index (χ0v) is 23.5. The predicted octanol–water partition coefficient (Wildman–Crippen LogP) is 7.47. The van der Waals surface area contributed by atoms with Gasteiger partial charge in [0.2, 0.25) is 0 Å². The highest BCUT2D eigenvalue weighted by Gasteiger charge is 2.41. The molecule has 0 spiro atoms. The van der Waals surface area contributed by atoms with Gasteiger partial charge in [-0.3, -0.25) is 4.79 Å². The number of unbranched alkanes of at least 4 members (excludes halogenated alkanes) is 2. The molecule has 0 saturated carbocycles. The molecule has 0 aromatic rings. The van der Waals surface area contributed by atoms with Crippen molar-refractivity contribution in [2.24, 2.45) is 11.8 Å². The van der Waals surface area contributed by atoms with Crippen LogP contribution in [-0.2, 0) is 18.7 Å². The molecule has 0 bridgehead atoms. The monoisotopic (exact) mass is 466 g/mol. The molecule has 0 radical (unpaired) electrons. The molecule has 0 aromatic carbocycles. The van der Waals surface area contributed by atoms with Gasteiger partial charge >= 0.3 is 5.97 Å². The molecule has 0 heterocycles. The van der Waals surface area contributed by atoms with Crippen LogP contribution in [0.5, 0.6) is 0 Å². The largest absolute Gasteiger partial charge is 0.458 e. The lowest BCUT2D eigenvalue weighted by molar-refractivity contribution is -0.149. The predicted molar refractivity (Wildman–Crippen MR) is 139 cm³/mol. The van der Waals surface area contributed by atoms with Crippen molar-refractivity contribution in [2.45, 2.75) is 111 Å². The van der Waals surface area contributed by atoms with E-state index in [9.17, 15) is 4.79 Å². The van der Waals surface area contributed by atoms with E-state index in [1.807, 2.05) is 19.1 Å². The van der Waals surface area contributed by atoms with Crippen molar-refractivity contribution in [3.8, 4) is 0 Å². The maximum atomic E-state index is 12.4. The lowest BCUT2D eigenvalue weighted by Crippen LogP contribution is -2.49. The Morgan fingerprint density at radius 1 is 1.09 bits per heavy atom. The summed E-state index contributed by atoms with van der Waals surface area (Å²) in [6.07, 6.45) is 8.43. The third-order valence-corrected chi connectivity index (χ3v) is 10.9. The summed E-state index contributed by atoms with van der Waals surface area (Å²) in [5, 5.41) is 0.0881. The maximum absolute atomic E-state index is 12.4. The van der Waals surface area contributed by atoms with Gasteiger partial charge in [0.1, 0.15) is 12.2 Å². The average molecular weight is 467 g/mol. The standard InChI is InChI=1S/C27H50O4Si/c1-13-15-16-17-18-24(28)30-25(20(3)4)21(5)19-22(6)26(23(14-2)29-10)31-32(11,12)27(7,8)9/h13-14,19-20,22-23,25-26H,1-2,15-18H2,3-12H3/b21-19+/t22-,23+,25-,26+/m1/s1. The minimum atomic E-state index is -2.02. The Balaban J connectivity index is 5.61. The SMILES string of the molecule is C=CCCCCC(=O)O[C@@H](/C(C)=C/[C@@H](C)[C@H](O[Si](C)(C)C(C)(C)C)[C@H](C=C)OC)C(C)C. The number of methoxy groups -OCH3 is 1. The molecule has 0 saturated heterocycles. The second-order valence-corrected chi connectivity index (χ2v) is 15.5. The molecule has 0 aliphatic rings. The summed E-state index contributed by atoms with van der Waals surface area (Å²) < 4.78 is 18.4. The number of allylic oxidation sites excluding steroid dienone is 1. The molecule has 0 unspecified atom stereocenters. The van der Waals surface area contributed by atoms with E-state index in [1.165, 1.54) is 0 Å². The van der Waals surface area contributed by atoms with Crippen molar-refractivity contribution in [2.75, 3.05) is 7.11 Å². The summed E-state index contributed by atoms with van der Waals surface area (Å²) >= 11 is 0. The van der Waals surface area contributed by atoms with Gasteiger partial charge in [0.05, 0.1) is 6.10 Å². The second-order valence-electron chi connectivity index (χ2n) is 10.7. The molecule has 5 heteroatoms. The fourth-order valence-electron chi connectivity index (χ4n) is 3.47. The molecule has 4 atom stereocenters. The summed E-state index contributed by atoms with van der Waals surface area (Å²) in [6.45, 7) is 27.3. The smallest absolute Gasteiger partial charge is 0.306 e. The fourth-order valence-corrected chi connectivity index (χ4v) is 4.86. The first-order chi connectivity index (χ1) is 14.7. The Hall–Kier alpha value is -1.17. The molecule has 4 nitrogen and oxygen atoms in total. The number of rotatable bonds is 15. The normalized spacial score (nSPS) is 16.9.